The molecule has 0 bridgehead atoms. The minimum absolute atomic E-state index is 0.0318. The van der Waals surface area contributed by atoms with Gasteiger partial charge in [0.2, 0.25) is 0 Å². The zero-order valence-electron chi connectivity index (χ0n) is 41.3. The van der Waals surface area contributed by atoms with Gasteiger partial charge in [-0.3, -0.25) is 0 Å². The van der Waals surface area contributed by atoms with E-state index in [9.17, 15) is 0 Å². The molecule has 11 rings (SSSR count). The predicted octanol–water partition coefficient (Wildman–Crippen LogP) is 14.9. The Hall–Kier alpha value is -6.55. The van der Waals surface area contributed by atoms with Gasteiger partial charge in [0.15, 0.2) is 0 Å². The first-order chi connectivity index (χ1) is 33.1. The van der Waals surface area contributed by atoms with Crippen molar-refractivity contribution >= 4 is 32.8 Å². The molecule has 5 nitrogen and oxygen atoms in total. The van der Waals surface area contributed by atoms with Crippen LogP contribution in [-0.2, 0) is 36.6 Å². The number of nitrogens with zero attached hydrogens (tertiary/aromatic N) is 4. The summed E-state index contributed by atoms with van der Waals surface area (Å²) >= 11 is 2.54. The molecule has 324 valence electrons. The van der Waals surface area contributed by atoms with E-state index < -0.39 is 0 Å². The van der Waals surface area contributed by atoms with Crippen LogP contribution in [0.15, 0.2) is 164 Å². The first kappa shape index (κ1) is 36.8. The average molecular weight is 1030 g/mol. The predicted molar refractivity (Wildman–Crippen MR) is 262 cm³/mol. The Kier molecular flexibility index (Phi) is 8.96. The summed E-state index contributed by atoms with van der Waals surface area (Å²) in [7, 11) is 0. The van der Waals surface area contributed by atoms with Gasteiger partial charge in [-0.25, -0.2) is 4.98 Å². The van der Waals surface area contributed by atoms with E-state index in [2.05, 4.69) is 185 Å². The summed E-state index contributed by atoms with van der Waals surface area (Å²) < 4.78 is 49.8. The molecule has 0 saturated heterocycles. The van der Waals surface area contributed by atoms with Crippen LogP contribution in [0.4, 0.5) is 0 Å². The third-order valence-electron chi connectivity index (χ3n) is 12.8. The molecule has 1 aliphatic rings. The van der Waals surface area contributed by atoms with Gasteiger partial charge in [-0.05, 0) is 29.2 Å². The standard InChI is InChI=1S/C59H50N4O.Pt/c1-58(2,3)42-31-32-60-56(35-42)63-52-22-14-13-21-46(52)47-29-28-45(37-55(47)63)64-44-27-25-41-26-30-51(48(41)36-44)61-38-62(54-24-16-15-23-53(54)61)57-49(39-17-9-7-10-18-39)33-43(59(4,5)6)34-50(57)40-19-11-8-12-20-40;/h7-25,27-29,31-35,51H,26,30H2,1-6H3;/q-2;/i13D,14D,21D,22D;. The van der Waals surface area contributed by atoms with Gasteiger partial charge in [0.1, 0.15) is 0 Å². The minimum Gasteiger partial charge on any atom is -0.239 e. The van der Waals surface area contributed by atoms with E-state index in [1.165, 1.54) is 22.3 Å². The molecular weight excluding hydrogens is 976 g/mol. The number of hydrogen-bond donors (Lipinski definition) is 0. The molecule has 1 unspecified atom stereocenters. The van der Waals surface area contributed by atoms with E-state index in [0.717, 1.165) is 55.6 Å². The fourth-order valence-electron chi connectivity index (χ4n) is 9.45. The minimum atomic E-state index is -0.301. The second kappa shape index (κ2) is 15.9. The van der Waals surface area contributed by atoms with Crippen molar-refractivity contribution in [1.29, 1.82) is 0 Å². The fourth-order valence-corrected chi connectivity index (χ4v) is 10.6. The van der Waals surface area contributed by atoms with Crippen molar-refractivity contribution in [3.8, 4) is 45.3 Å². The van der Waals surface area contributed by atoms with Gasteiger partial charge in [-0.15, -0.1) is 0 Å². The normalized spacial score (nSPS) is 15.0. The number of benzene rings is 7. The Balaban J connectivity index is 1.06. The zero-order valence-corrected chi connectivity index (χ0v) is 39.6. The first-order valence-electron chi connectivity index (χ1n) is 24.2. The molecule has 0 amide bonds. The third-order valence-corrected chi connectivity index (χ3v) is 13.9. The van der Waals surface area contributed by atoms with Crippen LogP contribution in [0.1, 0.15) is 81.7 Å². The molecule has 6 heteroatoms. The third kappa shape index (κ3) is 7.22. The summed E-state index contributed by atoms with van der Waals surface area (Å²) in [5.41, 5.74) is 13.3. The summed E-state index contributed by atoms with van der Waals surface area (Å²) in [6.07, 6.45) is 3.54. The second-order valence-corrected chi connectivity index (χ2v) is 20.1. The summed E-state index contributed by atoms with van der Waals surface area (Å²) in [5.74, 6) is 1.51. The topological polar surface area (TPSA) is 36.9 Å². The van der Waals surface area contributed by atoms with E-state index >= 15 is 0 Å². The first-order valence-corrected chi connectivity index (χ1v) is 23.4. The molecule has 7 aromatic carbocycles. The fraction of sp³-hybridized carbons (Fsp3) is 0.186. The van der Waals surface area contributed by atoms with Crippen molar-refractivity contribution in [2.24, 2.45) is 0 Å². The number of aromatic nitrogens is 4. The van der Waals surface area contributed by atoms with Crippen molar-refractivity contribution in [2.45, 2.75) is 71.3 Å². The van der Waals surface area contributed by atoms with Gasteiger partial charge < -0.3 is 0 Å². The zero-order chi connectivity index (χ0) is 48.1. The van der Waals surface area contributed by atoms with E-state index in [1.54, 1.807) is 10.8 Å². The molecule has 1 atom stereocenters. The Morgan fingerprint density at radius 3 is 1.97 bits per heavy atom. The number of para-hydroxylation sites is 3. The van der Waals surface area contributed by atoms with Gasteiger partial charge in [0.25, 0.3) is 0 Å². The number of rotatable bonds is 7. The summed E-state index contributed by atoms with van der Waals surface area (Å²) in [4.78, 5) is 4.75. The van der Waals surface area contributed by atoms with Crippen LogP contribution < -0.4 is 4.74 Å². The van der Waals surface area contributed by atoms with Crippen molar-refractivity contribution in [1.82, 2.24) is 18.7 Å². The van der Waals surface area contributed by atoms with Crippen LogP contribution in [0.5, 0.6) is 11.5 Å². The van der Waals surface area contributed by atoms with Gasteiger partial charge >= 0.3 is 315 Å². The van der Waals surface area contributed by atoms with Gasteiger partial charge in [0, 0.05) is 6.20 Å². The number of aryl methyl sites for hydroxylation is 1. The summed E-state index contributed by atoms with van der Waals surface area (Å²) in [5, 5.41) is 1.04. The molecule has 0 saturated carbocycles. The molecule has 0 fully saturated rings. The van der Waals surface area contributed by atoms with Crippen LogP contribution in [0.3, 0.4) is 0 Å². The molecule has 0 spiro atoms. The van der Waals surface area contributed by atoms with Crippen molar-refractivity contribution < 1.29 is 29.6 Å². The summed E-state index contributed by atoms with van der Waals surface area (Å²) in [6, 6.07) is 53.1. The molecule has 65 heavy (non-hydrogen) atoms. The van der Waals surface area contributed by atoms with E-state index in [0.29, 0.717) is 39.1 Å². The number of fused-ring (bicyclic) bond motifs is 5. The SMILES string of the molecule is [2H]c1c([2H])c([2H])c2c(c1[2H])c1ccc(Oc3[c-]c4c(cc3)CCC4n3[c](=[Pt])n(-c4c(-c5ccccc5)cc(C(C)(C)C)cc4-c4ccccc4)c4ccccc43)[c-]c1n2-c1cc(C(C)(C)C)ccn1. The molecular formula is C59H50N4OPt-2. The van der Waals surface area contributed by atoms with Crippen molar-refractivity contribution in [3.63, 3.8) is 0 Å². The molecule has 10 aromatic rings. The number of hydrogen-bond acceptors (Lipinski definition) is 2. The maximum atomic E-state index is 9.07. The van der Waals surface area contributed by atoms with Crippen LogP contribution in [0.25, 0.3) is 66.6 Å². The molecule has 0 N–H and O–H groups in total. The Labute approximate surface area is 397 Å². The number of pyridine rings is 1. The molecule has 0 aliphatic heterocycles. The maximum absolute atomic E-state index is 9.07. The Morgan fingerprint density at radius 2 is 1.28 bits per heavy atom. The number of ether oxygens (including phenoxy) is 1. The van der Waals surface area contributed by atoms with Crippen molar-refractivity contribution in [2.75, 3.05) is 0 Å². The van der Waals surface area contributed by atoms with Gasteiger partial charge in [-0.1, -0.05) is 38.9 Å². The van der Waals surface area contributed by atoms with Crippen LogP contribution in [0.2, 0.25) is 0 Å². The molecule has 0 radical (unpaired) electrons. The quantitative estimate of drug-likeness (QED) is 0.149. The van der Waals surface area contributed by atoms with E-state index in [4.69, 9.17) is 15.2 Å². The van der Waals surface area contributed by atoms with E-state index in [-0.39, 0.29) is 41.0 Å². The monoisotopic (exact) mass is 1030 g/mol. The molecule has 3 heterocycles. The smallest absolute Gasteiger partial charge is 0.239 e. The van der Waals surface area contributed by atoms with Crippen LogP contribution >= 0.6 is 0 Å². The Bertz CT molecular complexity index is 3690. The van der Waals surface area contributed by atoms with Crippen LogP contribution in [-0.4, -0.2) is 18.7 Å². The Morgan fingerprint density at radius 1 is 0.646 bits per heavy atom. The van der Waals surface area contributed by atoms with Crippen molar-refractivity contribution in [3.05, 3.63) is 202 Å². The van der Waals surface area contributed by atoms with Gasteiger partial charge in [0.05, 0.1) is 5.48 Å². The van der Waals surface area contributed by atoms with Gasteiger partial charge in [-0.2, -0.15) is 0 Å². The molecule has 3 aromatic heterocycles. The van der Waals surface area contributed by atoms with Crippen LogP contribution in [0, 0.1) is 15.9 Å². The van der Waals surface area contributed by atoms with E-state index in [1.807, 2.05) is 30.3 Å². The molecule has 1 aliphatic carbocycles. The summed E-state index contributed by atoms with van der Waals surface area (Å²) in [6.45, 7) is 13.2. The average Bonchev–Trinajstić information content (AvgIpc) is 4.01. The number of imidazole rings is 1. The second-order valence-electron chi connectivity index (χ2n) is 19.1.